The normalized spacial score (nSPS) is 11.6. The van der Waals surface area contributed by atoms with E-state index in [0.29, 0.717) is 0 Å². The number of benzene rings is 10. The Balaban J connectivity index is 1.17. The molecule has 0 radical (unpaired) electrons. The van der Waals surface area contributed by atoms with Crippen LogP contribution in [0.3, 0.4) is 0 Å². The molecule has 0 aliphatic carbocycles. The molecule has 306 valence electrons. The first kappa shape index (κ1) is 37.5. The van der Waals surface area contributed by atoms with E-state index in [9.17, 15) is 0 Å². The van der Waals surface area contributed by atoms with Gasteiger partial charge in [-0.15, -0.1) is 0 Å². The summed E-state index contributed by atoms with van der Waals surface area (Å²) < 4.78 is 0. The molecule has 3 heterocycles. The number of nitrogens with zero attached hydrogens (tertiary/aromatic N) is 6. The van der Waals surface area contributed by atoms with Crippen LogP contribution in [0.5, 0.6) is 0 Å². The predicted octanol–water partition coefficient (Wildman–Crippen LogP) is 15.0. The summed E-state index contributed by atoms with van der Waals surface area (Å²) in [7, 11) is 0. The van der Waals surface area contributed by atoms with Gasteiger partial charge in [-0.25, -0.2) is 29.9 Å². The molecule has 10 aromatic carbocycles. The lowest BCUT2D eigenvalue weighted by molar-refractivity contribution is 1.27. The molecule has 0 aliphatic rings. The van der Waals surface area contributed by atoms with Crippen molar-refractivity contribution in [2.24, 2.45) is 0 Å². The Morgan fingerprint density at radius 3 is 0.712 bits per heavy atom. The van der Waals surface area contributed by atoms with Gasteiger partial charge in [0.25, 0.3) is 0 Å². The highest BCUT2D eigenvalue weighted by Gasteiger charge is 2.23. The smallest absolute Gasteiger partial charge is 0.0979 e. The molecule has 0 N–H and O–H groups in total. The number of hydrogen-bond donors (Lipinski definition) is 0. The van der Waals surface area contributed by atoms with Crippen LogP contribution < -0.4 is 0 Å². The fraction of sp³-hybridized carbons (Fsp3) is 0. The topological polar surface area (TPSA) is 77.3 Å². The summed E-state index contributed by atoms with van der Waals surface area (Å²) in [5.74, 6) is 0. The molecule has 0 atom stereocenters. The van der Waals surface area contributed by atoms with E-state index in [-0.39, 0.29) is 0 Å². The van der Waals surface area contributed by atoms with Crippen LogP contribution in [0.4, 0.5) is 0 Å². The van der Waals surface area contributed by atoms with Gasteiger partial charge in [0.15, 0.2) is 0 Å². The Morgan fingerprint density at radius 2 is 0.424 bits per heavy atom. The van der Waals surface area contributed by atoms with Crippen LogP contribution in [0.2, 0.25) is 0 Å². The number of aromatic nitrogens is 6. The third-order valence-electron chi connectivity index (χ3n) is 12.6. The molecule has 0 unspecified atom stereocenters. The predicted molar refractivity (Wildman–Crippen MR) is 271 cm³/mol. The zero-order valence-corrected chi connectivity index (χ0v) is 35.5. The van der Waals surface area contributed by atoms with Crippen molar-refractivity contribution in [1.29, 1.82) is 0 Å². The summed E-state index contributed by atoms with van der Waals surface area (Å²) in [6.07, 6.45) is 0. The maximum absolute atomic E-state index is 5.51. The molecular weight excluding hydrogens is 805 g/mol. The Labute approximate surface area is 379 Å². The van der Waals surface area contributed by atoms with Gasteiger partial charge in [-0.3, -0.25) is 0 Å². The SMILES string of the molecule is c1ccc2c(-c3nc4ccccc4nc3-c3cc(-c4nc5ccccc5nc4-c4cccc5ccccc45)cc(-c4nc5ccccc5nc4-c4cccc5ccccc45)c3)cccc2c1. The molecule has 0 saturated carbocycles. The summed E-state index contributed by atoms with van der Waals surface area (Å²) in [5, 5.41) is 6.67. The van der Waals surface area contributed by atoms with Crippen molar-refractivity contribution >= 4 is 65.4 Å². The molecule has 0 amide bonds. The van der Waals surface area contributed by atoms with Gasteiger partial charge in [-0.05, 0) is 86.9 Å². The van der Waals surface area contributed by atoms with Gasteiger partial charge >= 0.3 is 0 Å². The molecule has 66 heavy (non-hydrogen) atoms. The Hall–Kier alpha value is -9.00. The zero-order valence-electron chi connectivity index (χ0n) is 35.5. The lowest BCUT2D eigenvalue weighted by Crippen LogP contribution is -2.01. The number of fused-ring (bicyclic) bond motifs is 6. The summed E-state index contributed by atoms with van der Waals surface area (Å²) in [6, 6.07) is 75.5. The quantitative estimate of drug-likeness (QED) is 0.166. The second kappa shape index (κ2) is 15.4. The lowest BCUT2D eigenvalue weighted by atomic mass is 9.91. The maximum Gasteiger partial charge on any atom is 0.0979 e. The van der Waals surface area contributed by atoms with Gasteiger partial charge < -0.3 is 0 Å². The second-order valence-corrected chi connectivity index (χ2v) is 16.6. The summed E-state index contributed by atoms with van der Waals surface area (Å²) in [4.78, 5) is 32.8. The van der Waals surface area contributed by atoms with E-state index in [2.05, 4.69) is 146 Å². The third-order valence-corrected chi connectivity index (χ3v) is 12.6. The van der Waals surface area contributed by atoms with Gasteiger partial charge in [0, 0.05) is 33.4 Å². The minimum Gasteiger partial charge on any atom is -0.244 e. The average Bonchev–Trinajstić information content (AvgIpc) is 3.39. The van der Waals surface area contributed by atoms with Crippen LogP contribution in [0.25, 0.3) is 133 Å². The fourth-order valence-corrected chi connectivity index (χ4v) is 9.50. The summed E-state index contributed by atoms with van der Waals surface area (Å²) in [6.45, 7) is 0. The molecule has 13 aromatic rings. The minimum absolute atomic E-state index is 0.745. The molecule has 6 heteroatoms. The summed E-state index contributed by atoms with van der Waals surface area (Å²) in [5.41, 5.74) is 15.0. The maximum atomic E-state index is 5.51. The van der Waals surface area contributed by atoms with Crippen molar-refractivity contribution in [1.82, 2.24) is 29.9 Å². The van der Waals surface area contributed by atoms with E-state index in [1.54, 1.807) is 0 Å². The van der Waals surface area contributed by atoms with Crippen LogP contribution in [-0.4, -0.2) is 29.9 Å². The fourth-order valence-electron chi connectivity index (χ4n) is 9.50. The standard InChI is InChI=1S/C60H36N6/c1-4-22-43-37(16-1)19-13-25-46(43)58-55(61-49-28-7-10-31-52(49)64-58)40-34-41(56-59(65-53-32-11-8-29-50(53)62-56)47-26-14-20-38-17-2-5-23-44(38)47)36-42(35-40)57-60(66-54-33-12-9-30-51(54)63-57)48-27-15-21-39-18-3-6-24-45(39)48/h1-36H. The second-order valence-electron chi connectivity index (χ2n) is 16.6. The summed E-state index contributed by atoms with van der Waals surface area (Å²) >= 11 is 0. The van der Waals surface area contributed by atoms with E-state index >= 15 is 0 Å². The molecule has 0 aliphatic heterocycles. The largest absolute Gasteiger partial charge is 0.244 e. The molecule has 0 spiro atoms. The van der Waals surface area contributed by atoms with E-state index in [0.717, 1.165) is 133 Å². The first-order valence-electron chi connectivity index (χ1n) is 22.1. The molecular formula is C60H36N6. The van der Waals surface area contributed by atoms with Gasteiger partial charge in [0.2, 0.25) is 0 Å². The number of rotatable bonds is 6. The highest BCUT2D eigenvalue weighted by atomic mass is 14.9. The van der Waals surface area contributed by atoms with Gasteiger partial charge in [0.1, 0.15) is 0 Å². The van der Waals surface area contributed by atoms with Crippen molar-refractivity contribution in [2.75, 3.05) is 0 Å². The molecule has 0 saturated heterocycles. The van der Waals surface area contributed by atoms with Gasteiger partial charge in [-0.2, -0.15) is 0 Å². The van der Waals surface area contributed by atoms with E-state index in [4.69, 9.17) is 29.9 Å². The number of para-hydroxylation sites is 6. The molecule has 0 bridgehead atoms. The van der Waals surface area contributed by atoms with E-state index < -0.39 is 0 Å². The van der Waals surface area contributed by atoms with Gasteiger partial charge in [0.05, 0.1) is 67.3 Å². The zero-order chi connectivity index (χ0) is 43.6. The molecule has 3 aromatic heterocycles. The van der Waals surface area contributed by atoms with Crippen molar-refractivity contribution in [3.8, 4) is 67.5 Å². The monoisotopic (exact) mass is 840 g/mol. The van der Waals surface area contributed by atoms with Crippen molar-refractivity contribution in [2.45, 2.75) is 0 Å². The number of hydrogen-bond acceptors (Lipinski definition) is 6. The Morgan fingerprint density at radius 1 is 0.197 bits per heavy atom. The third kappa shape index (κ3) is 6.34. The Kier molecular flexibility index (Phi) is 8.74. The van der Waals surface area contributed by atoms with E-state index in [1.807, 2.05) is 72.8 Å². The average molecular weight is 841 g/mol. The van der Waals surface area contributed by atoms with Crippen LogP contribution >= 0.6 is 0 Å². The highest BCUT2D eigenvalue weighted by molar-refractivity contribution is 6.05. The van der Waals surface area contributed by atoms with Crippen LogP contribution in [-0.2, 0) is 0 Å². The van der Waals surface area contributed by atoms with Crippen molar-refractivity contribution in [3.63, 3.8) is 0 Å². The Bertz CT molecular complexity index is 3640. The van der Waals surface area contributed by atoms with Crippen LogP contribution in [0.15, 0.2) is 218 Å². The van der Waals surface area contributed by atoms with Crippen LogP contribution in [0.1, 0.15) is 0 Å². The van der Waals surface area contributed by atoms with Crippen molar-refractivity contribution in [3.05, 3.63) is 218 Å². The minimum atomic E-state index is 0.745. The lowest BCUT2D eigenvalue weighted by Gasteiger charge is -2.18. The van der Waals surface area contributed by atoms with E-state index in [1.165, 1.54) is 0 Å². The molecule has 13 rings (SSSR count). The first-order chi connectivity index (χ1) is 32.7. The molecule has 6 nitrogen and oxygen atoms in total. The van der Waals surface area contributed by atoms with Crippen molar-refractivity contribution < 1.29 is 0 Å². The first-order valence-corrected chi connectivity index (χ1v) is 22.1. The van der Waals surface area contributed by atoms with Gasteiger partial charge in [-0.1, -0.05) is 164 Å². The van der Waals surface area contributed by atoms with Crippen LogP contribution in [0, 0.1) is 0 Å². The molecule has 0 fully saturated rings. The highest BCUT2D eigenvalue weighted by Crippen LogP contribution is 2.43.